The molecule has 16 heavy (non-hydrogen) atoms. The Balaban J connectivity index is 3.01. The number of aliphatic hydroxyl groups is 1. The van der Waals surface area contributed by atoms with Crippen LogP contribution in [0.1, 0.15) is 5.56 Å². The van der Waals surface area contributed by atoms with Crippen LogP contribution in [0.25, 0.3) is 0 Å². The molecular formula is C9H9F3N2O2. The van der Waals surface area contributed by atoms with E-state index in [2.05, 4.69) is 5.32 Å². The summed E-state index contributed by atoms with van der Waals surface area (Å²) in [4.78, 5) is 10.1. The molecule has 0 saturated heterocycles. The molecule has 1 amide bonds. The first-order chi connectivity index (χ1) is 7.46. The van der Waals surface area contributed by atoms with Crippen LogP contribution in [0.3, 0.4) is 0 Å². The molecule has 1 aromatic carbocycles. The number of carbonyl (C=O) groups is 1. The normalized spacial score (nSPS) is 11.0. The number of hydrogen-bond acceptors (Lipinski definition) is 3. The summed E-state index contributed by atoms with van der Waals surface area (Å²) in [5.41, 5.74) is 0.00886. The third-order valence-electron chi connectivity index (χ3n) is 1.78. The van der Waals surface area contributed by atoms with E-state index in [1.807, 2.05) is 0 Å². The first-order valence-electron chi connectivity index (χ1n) is 4.25. The lowest BCUT2D eigenvalue weighted by atomic mass is 10.1. The van der Waals surface area contributed by atoms with E-state index < -0.39 is 12.9 Å². The lowest BCUT2D eigenvalue weighted by Crippen LogP contribution is -2.21. The number of benzene rings is 1. The average molecular weight is 234 g/mol. The van der Waals surface area contributed by atoms with Gasteiger partial charge in [0.15, 0.2) is 0 Å². The zero-order valence-corrected chi connectivity index (χ0v) is 8.01. The highest BCUT2D eigenvalue weighted by molar-refractivity contribution is 5.74. The van der Waals surface area contributed by atoms with Crippen LogP contribution in [0.4, 0.5) is 24.5 Å². The third-order valence-corrected chi connectivity index (χ3v) is 1.78. The molecule has 0 aliphatic carbocycles. The summed E-state index contributed by atoms with van der Waals surface area (Å²) < 4.78 is 36.3. The van der Waals surface area contributed by atoms with Crippen LogP contribution in [-0.4, -0.2) is 17.8 Å². The van der Waals surface area contributed by atoms with Gasteiger partial charge in [-0.3, -0.25) is 10.1 Å². The molecule has 0 aromatic heterocycles. The second kappa shape index (κ2) is 4.84. The standard InChI is InChI=1S/C9H9F3N2O2/c10-9(11,12)14-8-3-7(13-5-16)2-1-6(8)4-15/h1-3,5,14-15H,4H2,(H,13,16). The van der Waals surface area contributed by atoms with E-state index >= 15 is 0 Å². The van der Waals surface area contributed by atoms with Crippen molar-refractivity contribution in [1.29, 1.82) is 0 Å². The van der Waals surface area contributed by atoms with E-state index in [-0.39, 0.29) is 16.9 Å². The number of hydrogen-bond donors (Lipinski definition) is 3. The highest BCUT2D eigenvalue weighted by atomic mass is 19.4. The summed E-state index contributed by atoms with van der Waals surface area (Å²) in [6.45, 7) is -0.528. The summed E-state index contributed by atoms with van der Waals surface area (Å²) in [6.07, 6.45) is -4.24. The minimum absolute atomic E-state index is 0.0915. The van der Waals surface area contributed by atoms with Crippen molar-refractivity contribution in [3.05, 3.63) is 23.8 Å². The topological polar surface area (TPSA) is 61.4 Å². The van der Waals surface area contributed by atoms with Gasteiger partial charge < -0.3 is 10.4 Å². The number of halogens is 3. The quantitative estimate of drug-likeness (QED) is 0.548. The highest BCUT2D eigenvalue weighted by Gasteiger charge is 2.28. The van der Waals surface area contributed by atoms with Gasteiger partial charge in [0, 0.05) is 16.9 Å². The molecule has 0 aliphatic heterocycles. The summed E-state index contributed by atoms with van der Waals surface area (Å²) >= 11 is 0. The van der Waals surface area contributed by atoms with Crippen LogP contribution in [-0.2, 0) is 11.4 Å². The Morgan fingerprint density at radius 2 is 2.06 bits per heavy atom. The number of carbonyl (C=O) groups excluding carboxylic acids is 1. The highest BCUT2D eigenvalue weighted by Crippen LogP contribution is 2.26. The third kappa shape index (κ3) is 3.43. The van der Waals surface area contributed by atoms with Crippen molar-refractivity contribution < 1.29 is 23.1 Å². The molecule has 0 saturated carbocycles. The van der Waals surface area contributed by atoms with Crippen molar-refractivity contribution in [3.63, 3.8) is 0 Å². The fraction of sp³-hybridized carbons (Fsp3) is 0.222. The number of alkyl halides is 3. The van der Waals surface area contributed by atoms with Crippen molar-refractivity contribution in [2.75, 3.05) is 10.6 Å². The molecular weight excluding hydrogens is 225 g/mol. The molecule has 0 unspecified atom stereocenters. The molecule has 88 valence electrons. The maximum absolute atomic E-state index is 12.1. The molecule has 7 heteroatoms. The van der Waals surface area contributed by atoms with Crippen molar-refractivity contribution in [2.24, 2.45) is 0 Å². The van der Waals surface area contributed by atoms with Crippen LogP contribution < -0.4 is 10.6 Å². The summed E-state index contributed by atoms with van der Waals surface area (Å²) in [5, 5.41) is 12.3. The minimum Gasteiger partial charge on any atom is -0.392 e. The molecule has 4 nitrogen and oxygen atoms in total. The van der Waals surface area contributed by atoms with Gasteiger partial charge >= 0.3 is 6.30 Å². The van der Waals surface area contributed by atoms with Crippen LogP contribution in [0.15, 0.2) is 18.2 Å². The summed E-state index contributed by atoms with van der Waals surface area (Å²) in [5.74, 6) is 0. The Bertz CT molecular complexity index is 380. The number of aliphatic hydroxyl groups excluding tert-OH is 1. The minimum atomic E-state index is -4.59. The van der Waals surface area contributed by atoms with Crippen LogP contribution in [0.2, 0.25) is 0 Å². The Morgan fingerprint density at radius 1 is 1.38 bits per heavy atom. The number of rotatable bonds is 4. The Morgan fingerprint density at radius 3 is 2.56 bits per heavy atom. The number of amides is 1. The van der Waals surface area contributed by atoms with Crippen LogP contribution in [0.5, 0.6) is 0 Å². The van der Waals surface area contributed by atoms with Gasteiger partial charge in [-0.15, -0.1) is 0 Å². The van der Waals surface area contributed by atoms with Gasteiger partial charge in [0.25, 0.3) is 0 Å². The van der Waals surface area contributed by atoms with Crippen molar-refractivity contribution >= 4 is 17.8 Å². The second-order valence-electron chi connectivity index (χ2n) is 2.91. The average Bonchev–Trinajstić information content (AvgIpc) is 2.16. The monoisotopic (exact) mass is 234 g/mol. The van der Waals surface area contributed by atoms with Gasteiger partial charge in [0.2, 0.25) is 6.41 Å². The lowest BCUT2D eigenvalue weighted by molar-refractivity contribution is -0.105. The maximum Gasteiger partial charge on any atom is 0.482 e. The maximum atomic E-state index is 12.1. The van der Waals surface area contributed by atoms with E-state index in [4.69, 9.17) is 5.11 Å². The molecule has 1 rings (SSSR count). The molecule has 0 heterocycles. The van der Waals surface area contributed by atoms with E-state index in [1.54, 1.807) is 0 Å². The largest absolute Gasteiger partial charge is 0.482 e. The van der Waals surface area contributed by atoms with Gasteiger partial charge in [-0.2, -0.15) is 13.2 Å². The Hall–Kier alpha value is -1.76. The fourth-order valence-electron chi connectivity index (χ4n) is 1.14. The second-order valence-corrected chi connectivity index (χ2v) is 2.91. The zero-order chi connectivity index (χ0) is 12.2. The van der Waals surface area contributed by atoms with Crippen LogP contribution in [0, 0.1) is 0 Å². The van der Waals surface area contributed by atoms with E-state index in [1.165, 1.54) is 17.4 Å². The molecule has 0 bridgehead atoms. The van der Waals surface area contributed by atoms with E-state index in [0.717, 1.165) is 6.07 Å². The van der Waals surface area contributed by atoms with Crippen molar-refractivity contribution in [1.82, 2.24) is 0 Å². The van der Waals surface area contributed by atoms with Crippen molar-refractivity contribution in [2.45, 2.75) is 12.9 Å². The molecule has 0 spiro atoms. The molecule has 0 radical (unpaired) electrons. The smallest absolute Gasteiger partial charge is 0.392 e. The molecule has 0 fully saturated rings. The molecule has 0 atom stereocenters. The molecule has 3 N–H and O–H groups in total. The van der Waals surface area contributed by atoms with Crippen molar-refractivity contribution in [3.8, 4) is 0 Å². The van der Waals surface area contributed by atoms with E-state index in [0.29, 0.717) is 6.41 Å². The number of nitrogens with one attached hydrogen (secondary N) is 2. The van der Waals surface area contributed by atoms with Gasteiger partial charge in [-0.05, 0) is 12.1 Å². The van der Waals surface area contributed by atoms with Gasteiger partial charge in [0.05, 0.1) is 6.61 Å². The number of anilines is 2. The van der Waals surface area contributed by atoms with Crippen LogP contribution >= 0.6 is 0 Å². The van der Waals surface area contributed by atoms with Gasteiger partial charge in [0.1, 0.15) is 0 Å². The first kappa shape index (κ1) is 12.3. The Kier molecular flexibility index (Phi) is 3.73. The SMILES string of the molecule is O=CNc1ccc(CO)c(NC(F)(F)F)c1. The Labute approximate surface area is 89.1 Å². The molecule has 1 aromatic rings. The fourth-order valence-corrected chi connectivity index (χ4v) is 1.14. The van der Waals surface area contributed by atoms with Gasteiger partial charge in [-0.25, -0.2) is 0 Å². The lowest BCUT2D eigenvalue weighted by Gasteiger charge is -2.14. The van der Waals surface area contributed by atoms with E-state index in [9.17, 15) is 18.0 Å². The predicted molar refractivity (Wildman–Crippen MR) is 51.7 cm³/mol. The summed E-state index contributed by atoms with van der Waals surface area (Å²) in [7, 11) is 0. The van der Waals surface area contributed by atoms with Gasteiger partial charge in [-0.1, -0.05) is 6.07 Å². The first-order valence-corrected chi connectivity index (χ1v) is 4.25. The predicted octanol–water partition coefficient (Wildman–Crippen LogP) is 1.68. The molecule has 0 aliphatic rings. The zero-order valence-electron chi connectivity index (χ0n) is 8.01. The summed E-state index contributed by atoms with van der Waals surface area (Å²) in [6, 6.07) is 3.77.